The second kappa shape index (κ2) is 4.14. The highest BCUT2D eigenvalue weighted by molar-refractivity contribution is 5.99. The summed E-state index contributed by atoms with van der Waals surface area (Å²) in [5, 5.41) is 0. The summed E-state index contributed by atoms with van der Waals surface area (Å²) >= 11 is 0. The van der Waals surface area contributed by atoms with E-state index in [1.54, 1.807) is 30.3 Å². The van der Waals surface area contributed by atoms with E-state index < -0.39 is 5.91 Å². The number of hydrogen-bond donors (Lipinski definition) is 1. The molecule has 2 aromatic rings. The van der Waals surface area contributed by atoms with E-state index in [0.717, 1.165) is 11.1 Å². The van der Waals surface area contributed by atoms with Gasteiger partial charge in [-0.1, -0.05) is 30.3 Å². The molecule has 0 aliphatic rings. The monoisotopic (exact) mass is 215 g/mol. The van der Waals surface area contributed by atoms with Crippen LogP contribution < -0.4 is 5.73 Å². The number of benzene rings is 2. The highest BCUT2D eigenvalue weighted by Crippen LogP contribution is 2.23. The molecule has 2 rings (SSSR count). The quantitative estimate of drug-likeness (QED) is 0.822. The molecule has 0 aliphatic carbocycles. The summed E-state index contributed by atoms with van der Waals surface area (Å²) in [6, 6.07) is 12.9. The summed E-state index contributed by atoms with van der Waals surface area (Å²) in [5.74, 6) is -0.791. The molecule has 0 radical (unpaired) electrons. The van der Waals surface area contributed by atoms with Gasteiger partial charge in [0, 0.05) is 5.56 Å². The second-order valence-electron chi connectivity index (χ2n) is 3.42. The summed E-state index contributed by atoms with van der Waals surface area (Å²) < 4.78 is 12.8. The molecule has 0 spiro atoms. The molecule has 0 unspecified atom stereocenters. The summed E-state index contributed by atoms with van der Waals surface area (Å²) in [7, 11) is 0. The fourth-order valence-corrected chi connectivity index (χ4v) is 1.58. The van der Waals surface area contributed by atoms with Crippen LogP contribution in [0.25, 0.3) is 11.1 Å². The topological polar surface area (TPSA) is 43.1 Å². The first-order valence-corrected chi connectivity index (χ1v) is 4.83. The van der Waals surface area contributed by atoms with Crippen molar-refractivity contribution in [2.45, 2.75) is 0 Å². The minimum Gasteiger partial charge on any atom is -0.366 e. The summed E-state index contributed by atoms with van der Waals surface area (Å²) in [6.45, 7) is 0. The summed E-state index contributed by atoms with van der Waals surface area (Å²) in [4.78, 5) is 11.2. The number of hydrogen-bond acceptors (Lipinski definition) is 1. The van der Waals surface area contributed by atoms with Gasteiger partial charge in [0.2, 0.25) is 5.91 Å². The van der Waals surface area contributed by atoms with E-state index in [4.69, 9.17) is 5.73 Å². The second-order valence-corrected chi connectivity index (χ2v) is 3.42. The number of carbonyl (C=O) groups excluding carboxylic acids is 1. The molecule has 2 N–H and O–H groups in total. The van der Waals surface area contributed by atoms with Crippen molar-refractivity contribution in [1.29, 1.82) is 0 Å². The predicted molar refractivity (Wildman–Crippen MR) is 60.4 cm³/mol. The SMILES string of the molecule is NC(=O)c1ccccc1-c1ccc(F)cc1. The molecule has 0 fully saturated rings. The van der Waals surface area contributed by atoms with Crippen molar-refractivity contribution in [2.24, 2.45) is 5.73 Å². The molecule has 0 saturated heterocycles. The Kier molecular flexibility index (Phi) is 2.68. The van der Waals surface area contributed by atoms with Crippen molar-refractivity contribution in [3.05, 3.63) is 59.9 Å². The maximum atomic E-state index is 12.8. The van der Waals surface area contributed by atoms with Crippen molar-refractivity contribution >= 4 is 5.91 Å². The molecule has 0 saturated carbocycles. The van der Waals surface area contributed by atoms with Crippen LogP contribution in [0.5, 0.6) is 0 Å². The lowest BCUT2D eigenvalue weighted by Gasteiger charge is -2.06. The zero-order valence-corrected chi connectivity index (χ0v) is 8.48. The Labute approximate surface area is 92.5 Å². The Balaban J connectivity index is 2.55. The van der Waals surface area contributed by atoms with Crippen molar-refractivity contribution in [3.8, 4) is 11.1 Å². The molecule has 0 aliphatic heterocycles. The number of carbonyl (C=O) groups is 1. The Hall–Kier alpha value is -2.16. The van der Waals surface area contributed by atoms with E-state index in [2.05, 4.69) is 0 Å². The van der Waals surface area contributed by atoms with Gasteiger partial charge in [-0.05, 0) is 29.3 Å². The van der Waals surface area contributed by atoms with Crippen molar-refractivity contribution in [3.63, 3.8) is 0 Å². The maximum absolute atomic E-state index is 12.8. The highest BCUT2D eigenvalue weighted by Gasteiger charge is 2.08. The maximum Gasteiger partial charge on any atom is 0.249 e. The fourth-order valence-electron chi connectivity index (χ4n) is 1.58. The average Bonchev–Trinajstić information content (AvgIpc) is 2.30. The van der Waals surface area contributed by atoms with E-state index in [9.17, 15) is 9.18 Å². The van der Waals surface area contributed by atoms with Crippen molar-refractivity contribution in [1.82, 2.24) is 0 Å². The number of primary amides is 1. The van der Waals surface area contributed by atoms with Crippen LogP contribution in [0.4, 0.5) is 4.39 Å². The lowest BCUT2D eigenvalue weighted by molar-refractivity contribution is 0.100. The van der Waals surface area contributed by atoms with Crippen LogP contribution in [0.2, 0.25) is 0 Å². The first-order chi connectivity index (χ1) is 7.68. The molecular formula is C13H10FNO. The first kappa shape index (κ1) is 10.4. The third kappa shape index (κ3) is 1.93. The number of amides is 1. The van der Waals surface area contributed by atoms with Gasteiger partial charge in [-0.2, -0.15) is 0 Å². The molecule has 80 valence electrons. The molecule has 0 heterocycles. The first-order valence-electron chi connectivity index (χ1n) is 4.83. The van der Waals surface area contributed by atoms with Crippen LogP contribution in [0, 0.1) is 5.82 Å². The average molecular weight is 215 g/mol. The van der Waals surface area contributed by atoms with Crippen molar-refractivity contribution in [2.75, 3.05) is 0 Å². The van der Waals surface area contributed by atoms with Crippen LogP contribution in [0.3, 0.4) is 0 Å². The molecule has 16 heavy (non-hydrogen) atoms. The molecule has 3 heteroatoms. The van der Waals surface area contributed by atoms with E-state index in [-0.39, 0.29) is 5.82 Å². The van der Waals surface area contributed by atoms with Gasteiger partial charge < -0.3 is 5.73 Å². The van der Waals surface area contributed by atoms with E-state index in [1.807, 2.05) is 6.07 Å². The van der Waals surface area contributed by atoms with E-state index in [1.165, 1.54) is 12.1 Å². The summed E-state index contributed by atoms with van der Waals surface area (Å²) in [6.07, 6.45) is 0. The standard InChI is InChI=1S/C13H10FNO/c14-10-7-5-9(6-8-10)11-3-1-2-4-12(11)13(15)16/h1-8H,(H2,15,16). The molecule has 0 bridgehead atoms. The molecule has 1 amide bonds. The number of rotatable bonds is 2. The molecule has 2 nitrogen and oxygen atoms in total. The minimum atomic E-state index is -0.486. The number of halogens is 1. The van der Waals surface area contributed by atoms with Crippen LogP contribution in [0.1, 0.15) is 10.4 Å². The molecule has 0 aromatic heterocycles. The zero-order chi connectivity index (χ0) is 11.5. The lowest BCUT2D eigenvalue weighted by Crippen LogP contribution is -2.12. The van der Waals surface area contributed by atoms with Crippen LogP contribution >= 0.6 is 0 Å². The van der Waals surface area contributed by atoms with Gasteiger partial charge in [-0.25, -0.2) is 4.39 Å². The number of nitrogens with two attached hydrogens (primary N) is 1. The highest BCUT2D eigenvalue weighted by atomic mass is 19.1. The zero-order valence-electron chi connectivity index (χ0n) is 8.48. The third-order valence-electron chi connectivity index (χ3n) is 2.35. The predicted octanol–water partition coefficient (Wildman–Crippen LogP) is 2.59. The van der Waals surface area contributed by atoms with Gasteiger partial charge in [0.15, 0.2) is 0 Å². The molecule has 2 aromatic carbocycles. The normalized spacial score (nSPS) is 10.1. The van der Waals surface area contributed by atoms with E-state index in [0.29, 0.717) is 5.56 Å². The molecular weight excluding hydrogens is 205 g/mol. The van der Waals surface area contributed by atoms with Crippen LogP contribution in [0.15, 0.2) is 48.5 Å². The van der Waals surface area contributed by atoms with Gasteiger partial charge in [0.25, 0.3) is 0 Å². The van der Waals surface area contributed by atoms with E-state index >= 15 is 0 Å². The molecule has 0 atom stereocenters. The van der Waals surface area contributed by atoms with Gasteiger partial charge >= 0.3 is 0 Å². The minimum absolute atomic E-state index is 0.305. The third-order valence-corrected chi connectivity index (χ3v) is 2.35. The largest absolute Gasteiger partial charge is 0.366 e. The summed E-state index contributed by atoms with van der Waals surface area (Å²) in [5.41, 5.74) is 7.20. The Morgan fingerprint density at radius 2 is 1.62 bits per heavy atom. The lowest BCUT2D eigenvalue weighted by atomic mass is 9.99. The van der Waals surface area contributed by atoms with Gasteiger partial charge in [-0.15, -0.1) is 0 Å². The Bertz CT molecular complexity index is 520. The van der Waals surface area contributed by atoms with Crippen molar-refractivity contribution < 1.29 is 9.18 Å². The van der Waals surface area contributed by atoms with Gasteiger partial charge in [0.05, 0.1) is 0 Å². The van der Waals surface area contributed by atoms with Crippen LogP contribution in [-0.2, 0) is 0 Å². The Morgan fingerprint density at radius 1 is 1.00 bits per heavy atom. The fraction of sp³-hybridized carbons (Fsp3) is 0. The smallest absolute Gasteiger partial charge is 0.249 e. The van der Waals surface area contributed by atoms with Gasteiger partial charge in [-0.3, -0.25) is 4.79 Å². The Morgan fingerprint density at radius 3 is 2.25 bits per heavy atom. The van der Waals surface area contributed by atoms with Crippen LogP contribution in [-0.4, -0.2) is 5.91 Å². The van der Waals surface area contributed by atoms with Gasteiger partial charge in [0.1, 0.15) is 5.82 Å².